The molecule has 0 amide bonds. The van der Waals surface area contributed by atoms with E-state index in [-0.39, 0.29) is 0 Å². The first-order valence-electron chi connectivity index (χ1n) is 5.65. The van der Waals surface area contributed by atoms with E-state index in [2.05, 4.69) is 62.4 Å². The van der Waals surface area contributed by atoms with E-state index in [1.165, 1.54) is 32.7 Å². The molecule has 0 saturated heterocycles. The SMILES string of the molecule is Cc1cccc2cc3ccccc3c(C)c12. The molecule has 3 rings (SSSR count). The predicted octanol–water partition coefficient (Wildman–Crippen LogP) is 4.61. The molecule has 3 aromatic carbocycles. The summed E-state index contributed by atoms with van der Waals surface area (Å²) in [6.07, 6.45) is 0. The first kappa shape index (κ1) is 9.41. The summed E-state index contributed by atoms with van der Waals surface area (Å²) in [4.78, 5) is 0. The molecule has 0 radical (unpaired) electrons. The Bertz CT molecular complexity index is 678. The highest BCUT2D eigenvalue weighted by molar-refractivity contribution is 6.03. The molecule has 0 unspecified atom stereocenters. The molecule has 0 heteroatoms. The van der Waals surface area contributed by atoms with Crippen molar-refractivity contribution in [2.24, 2.45) is 0 Å². The minimum atomic E-state index is 1.33. The molecule has 16 heavy (non-hydrogen) atoms. The van der Waals surface area contributed by atoms with Crippen LogP contribution in [-0.2, 0) is 0 Å². The van der Waals surface area contributed by atoms with Crippen molar-refractivity contribution in [3.05, 3.63) is 59.7 Å². The number of hydrogen-bond acceptors (Lipinski definition) is 0. The van der Waals surface area contributed by atoms with Gasteiger partial charge in [-0.2, -0.15) is 0 Å². The third-order valence-electron chi connectivity index (χ3n) is 3.36. The highest BCUT2D eigenvalue weighted by Gasteiger charge is 2.04. The van der Waals surface area contributed by atoms with Crippen LogP contribution in [0, 0.1) is 13.8 Å². The third kappa shape index (κ3) is 1.23. The Morgan fingerprint density at radius 1 is 0.750 bits per heavy atom. The van der Waals surface area contributed by atoms with Crippen molar-refractivity contribution in [2.75, 3.05) is 0 Å². The summed E-state index contributed by atoms with van der Waals surface area (Å²) >= 11 is 0. The molecule has 0 fully saturated rings. The number of fused-ring (bicyclic) bond motifs is 2. The summed E-state index contributed by atoms with van der Waals surface area (Å²) < 4.78 is 0. The molecule has 0 saturated carbocycles. The Labute approximate surface area is 95.5 Å². The minimum absolute atomic E-state index is 1.33. The van der Waals surface area contributed by atoms with E-state index in [4.69, 9.17) is 0 Å². The Morgan fingerprint density at radius 2 is 1.50 bits per heavy atom. The Hall–Kier alpha value is -1.82. The van der Waals surface area contributed by atoms with Crippen LogP contribution in [0.2, 0.25) is 0 Å². The van der Waals surface area contributed by atoms with Gasteiger partial charge in [-0.25, -0.2) is 0 Å². The van der Waals surface area contributed by atoms with Gasteiger partial charge in [0.15, 0.2) is 0 Å². The molecule has 0 aliphatic carbocycles. The molecule has 0 atom stereocenters. The van der Waals surface area contributed by atoms with Gasteiger partial charge >= 0.3 is 0 Å². The lowest BCUT2D eigenvalue weighted by molar-refractivity contribution is 1.49. The fourth-order valence-corrected chi connectivity index (χ4v) is 2.59. The van der Waals surface area contributed by atoms with Crippen LogP contribution in [0.3, 0.4) is 0 Å². The van der Waals surface area contributed by atoms with Gasteiger partial charge in [-0.3, -0.25) is 0 Å². The maximum absolute atomic E-state index is 2.28. The Balaban J connectivity index is 2.62. The fraction of sp³-hybridized carbons (Fsp3) is 0.125. The predicted molar refractivity (Wildman–Crippen MR) is 70.9 cm³/mol. The van der Waals surface area contributed by atoms with Crippen LogP contribution < -0.4 is 0 Å². The minimum Gasteiger partial charge on any atom is -0.0616 e. The zero-order valence-electron chi connectivity index (χ0n) is 9.62. The molecule has 0 nitrogen and oxygen atoms in total. The van der Waals surface area contributed by atoms with Gasteiger partial charge in [0, 0.05) is 0 Å². The monoisotopic (exact) mass is 206 g/mol. The van der Waals surface area contributed by atoms with Gasteiger partial charge in [0.25, 0.3) is 0 Å². The number of aryl methyl sites for hydroxylation is 2. The first-order valence-corrected chi connectivity index (χ1v) is 5.65. The number of rotatable bonds is 0. The van der Waals surface area contributed by atoms with E-state index in [0.29, 0.717) is 0 Å². The van der Waals surface area contributed by atoms with Crippen LogP contribution in [0.4, 0.5) is 0 Å². The van der Waals surface area contributed by atoms with Crippen LogP contribution in [0.1, 0.15) is 11.1 Å². The summed E-state index contributed by atoms with van der Waals surface area (Å²) in [6.45, 7) is 4.40. The second-order valence-corrected chi connectivity index (χ2v) is 4.40. The maximum atomic E-state index is 2.28. The second kappa shape index (κ2) is 3.34. The second-order valence-electron chi connectivity index (χ2n) is 4.40. The quantitative estimate of drug-likeness (QED) is 0.471. The first-order chi connectivity index (χ1) is 7.77. The van der Waals surface area contributed by atoms with Crippen LogP contribution in [0.25, 0.3) is 21.5 Å². The van der Waals surface area contributed by atoms with Crippen molar-refractivity contribution in [3.63, 3.8) is 0 Å². The van der Waals surface area contributed by atoms with E-state index in [1.54, 1.807) is 0 Å². The van der Waals surface area contributed by atoms with E-state index in [9.17, 15) is 0 Å². The van der Waals surface area contributed by atoms with E-state index < -0.39 is 0 Å². The Morgan fingerprint density at radius 3 is 2.38 bits per heavy atom. The van der Waals surface area contributed by atoms with Crippen LogP contribution in [-0.4, -0.2) is 0 Å². The Kier molecular flexibility index (Phi) is 1.97. The number of benzene rings is 3. The summed E-state index contributed by atoms with van der Waals surface area (Å²) in [7, 11) is 0. The zero-order valence-corrected chi connectivity index (χ0v) is 9.62. The summed E-state index contributed by atoms with van der Waals surface area (Å²) in [5.41, 5.74) is 2.76. The largest absolute Gasteiger partial charge is 0.0616 e. The van der Waals surface area contributed by atoms with E-state index in [1.807, 2.05) is 0 Å². The normalized spacial score (nSPS) is 11.1. The van der Waals surface area contributed by atoms with E-state index in [0.717, 1.165) is 0 Å². The molecule has 0 bridgehead atoms. The van der Waals surface area contributed by atoms with Crippen molar-refractivity contribution in [1.29, 1.82) is 0 Å². The highest BCUT2D eigenvalue weighted by atomic mass is 14.1. The lowest BCUT2D eigenvalue weighted by atomic mass is 9.95. The molecule has 0 spiro atoms. The number of hydrogen-bond donors (Lipinski definition) is 0. The average molecular weight is 206 g/mol. The molecule has 0 N–H and O–H groups in total. The molecular weight excluding hydrogens is 192 g/mol. The van der Waals surface area contributed by atoms with Crippen LogP contribution in [0.15, 0.2) is 48.5 Å². The summed E-state index contributed by atoms with van der Waals surface area (Å²) in [6, 6.07) is 17.4. The van der Waals surface area contributed by atoms with Crippen LogP contribution in [0.5, 0.6) is 0 Å². The van der Waals surface area contributed by atoms with Crippen molar-refractivity contribution in [1.82, 2.24) is 0 Å². The maximum Gasteiger partial charge on any atom is -0.0119 e. The van der Waals surface area contributed by atoms with Gasteiger partial charge in [0.1, 0.15) is 0 Å². The topological polar surface area (TPSA) is 0 Å². The van der Waals surface area contributed by atoms with Crippen molar-refractivity contribution < 1.29 is 0 Å². The van der Waals surface area contributed by atoms with Crippen molar-refractivity contribution in [2.45, 2.75) is 13.8 Å². The molecule has 0 aromatic heterocycles. The lowest BCUT2D eigenvalue weighted by Crippen LogP contribution is -1.85. The van der Waals surface area contributed by atoms with Gasteiger partial charge in [-0.15, -0.1) is 0 Å². The summed E-state index contributed by atoms with van der Waals surface area (Å²) in [5, 5.41) is 5.44. The van der Waals surface area contributed by atoms with Crippen LogP contribution >= 0.6 is 0 Å². The third-order valence-corrected chi connectivity index (χ3v) is 3.36. The molecule has 0 heterocycles. The molecule has 3 aromatic rings. The average Bonchev–Trinajstić information content (AvgIpc) is 2.29. The molecule has 78 valence electrons. The van der Waals surface area contributed by atoms with Gasteiger partial charge in [0.05, 0.1) is 0 Å². The fourth-order valence-electron chi connectivity index (χ4n) is 2.59. The highest BCUT2D eigenvalue weighted by Crippen LogP contribution is 2.29. The zero-order chi connectivity index (χ0) is 11.1. The van der Waals surface area contributed by atoms with Gasteiger partial charge in [0.2, 0.25) is 0 Å². The van der Waals surface area contributed by atoms with Gasteiger partial charge in [-0.1, -0.05) is 42.5 Å². The summed E-state index contributed by atoms with van der Waals surface area (Å²) in [5.74, 6) is 0. The smallest absolute Gasteiger partial charge is 0.0119 e. The van der Waals surface area contributed by atoms with E-state index >= 15 is 0 Å². The van der Waals surface area contributed by atoms with Gasteiger partial charge < -0.3 is 0 Å². The lowest BCUT2D eigenvalue weighted by Gasteiger charge is -2.09. The standard InChI is InChI=1S/C16H14/c1-11-6-5-8-14-10-13-7-3-4-9-15(13)12(2)16(11)14/h3-10H,1-2H3. The molecular formula is C16H14. The van der Waals surface area contributed by atoms with Gasteiger partial charge in [-0.05, 0) is 52.6 Å². The molecule has 0 aliphatic rings. The van der Waals surface area contributed by atoms with Crippen molar-refractivity contribution in [3.8, 4) is 0 Å². The van der Waals surface area contributed by atoms with Crippen molar-refractivity contribution >= 4 is 21.5 Å². The molecule has 0 aliphatic heterocycles.